The molecule has 1 fully saturated rings. The number of hydrogen-bond acceptors (Lipinski definition) is 5. The molecule has 0 aliphatic carbocycles. The third-order valence-electron chi connectivity index (χ3n) is 5.47. The quantitative estimate of drug-likeness (QED) is 0.622. The van der Waals surface area contributed by atoms with Crippen LogP contribution in [0.25, 0.3) is 11.3 Å². The van der Waals surface area contributed by atoms with Crippen molar-refractivity contribution in [3.63, 3.8) is 0 Å². The Hall–Kier alpha value is -3.63. The van der Waals surface area contributed by atoms with E-state index in [1.54, 1.807) is 36.3 Å². The Morgan fingerprint density at radius 1 is 1.03 bits per heavy atom. The van der Waals surface area contributed by atoms with Gasteiger partial charge in [0.05, 0.1) is 13.2 Å². The van der Waals surface area contributed by atoms with Crippen molar-refractivity contribution in [2.45, 2.75) is 6.04 Å². The molecule has 7 heteroatoms. The second kappa shape index (κ2) is 9.02. The maximum atomic E-state index is 13.1. The summed E-state index contributed by atoms with van der Waals surface area (Å²) < 4.78 is 24.0. The smallest absolute Gasteiger partial charge is 0.289 e. The van der Waals surface area contributed by atoms with Gasteiger partial charge in [-0.2, -0.15) is 5.26 Å². The average Bonchev–Trinajstić information content (AvgIpc) is 3.31. The van der Waals surface area contributed by atoms with Crippen molar-refractivity contribution in [2.75, 3.05) is 33.3 Å². The molecule has 0 spiro atoms. The van der Waals surface area contributed by atoms with E-state index in [2.05, 4.69) is 11.0 Å². The molecule has 1 unspecified atom stereocenters. The molecule has 158 valence electrons. The van der Waals surface area contributed by atoms with Gasteiger partial charge < -0.3 is 14.1 Å². The molecule has 2 heterocycles. The number of benzene rings is 2. The molecular weight excluding hydrogens is 397 g/mol. The van der Waals surface area contributed by atoms with Gasteiger partial charge in [0.25, 0.3) is 5.91 Å². The van der Waals surface area contributed by atoms with Gasteiger partial charge in [-0.1, -0.05) is 12.1 Å². The average molecular weight is 419 g/mol. The molecule has 1 aliphatic rings. The lowest BCUT2D eigenvalue weighted by molar-refractivity contribution is 0.0577. The number of nitrogens with zero attached hydrogens (tertiary/aromatic N) is 3. The number of nitriles is 1. The van der Waals surface area contributed by atoms with Crippen molar-refractivity contribution in [3.8, 4) is 23.1 Å². The Bertz CT molecular complexity index is 1080. The summed E-state index contributed by atoms with van der Waals surface area (Å²) in [5, 5.41) is 9.70. The van der Waals surface area contributed by atoms with E-state index in [-0.39, 0.29) is 23.5 Å². The minimum atomic E-state index is -0.378. The van der Waals surface area contributed by atoms with Crippen LogP contribution in [0.4, 0.5) is 4.39 Å². The minimum absolute atomic E-state index is 0.189. The number of ether oxygens (including phenoxy) is 1. The molecule has 1 aliphatic heterocycles. The molecule has 3 aromatic rings. The predicted molar refractivity (Wildman–Crippen MR) is 113 cm³/mol. The van der Waals surface area contributed by atoms with Gasteiger partial charge in [-0.05, 0) is 54.1 Å². The van der Waals surface area contributed by atoms with E-state index >= 15 is 0 Å². The summed E-state index contributed by atoms with van der Waals surface area (Å²) in [5.74, 6) is 1.00. The highest BCUT2D eigenvalue weighted by Gasteiger charge is 2.28. The lowest BCUT2D eigenvalue weighted by Gasteiger charge is -2.36. The Morgan fingerprint density at radius 2 is 1.71 bits per heavy atom. The summed E-state index contributed by atoms with van der Waals surface area (Å²) in [4.78, 5) is 16.7. The summed E-state index contributed by atoms with van der Waals surface area (Å²) in [5.41, 5.74) is 1.61. The third kappa shape index (κ3) is 4.44. The standard InChI is InChI=1S/C24H22FN3O3/c1-30-20-8-4-17(5-9-20)21(16-26)27-12-14-28(15-13-27)24(29)23-11-10-22(31-23)18-2-6-19(25)7-3-18/h2-11,21H,12-15H2,1H3. The number of hydrogen-bond donors (Lipinski definition) is 0. The van der Waals surface area contributed by atoms with Crippen molar-refractivity contribution in [1.29, 1.82) is 5.26 Å². The van der Waals surface area contributed by atoms with Crippen molar-refractivity contribution in [3.05, 3.63) is 77.8 Å². The SMILES string of the molecule is COc1ccc(C(C#N)N2CCN(C(=O)c3ccc(-c4ccc(F)cc4)o3)CC2)cc1. The molecule has 0 bridgehead atoms. The van der Waals surface area contributed by atoms with Gasteiger partial charge in [-0.25, -0.2) is 4.39 Å². The van der Waals surface area contributed by atoms with Crippen LogP contribution >= 0.6 is 0 Å². The van der Waals surface area contributed by atoms with Crippen LogP contribution in [-0.2, 0) is 0 Å². The van der Waals surface area contributed by atoms with Crippen LogP contribution in [0.5, 0.6) is 5.75 Å². The van der Waals surface area contributed by atoms with E-state index in [0.29, 0.717) is 37.5 Å². The maximum Gasteiger partial charge on any atom is 0.289 e. The van der Waals surface area contributed by atoms with E-state index in [0.717, 1.165) is 11.3 Å². The normalized spacial score (nSPS) is 15.3. The van der Waals surface area contributed by atoms with E-state index < -0.39 is 0 Å². The molecule has 1 saturated heterocycles. The van der Waals surface area contributed by atoms with E-state index in [1.807, 2.05) is 24.3 Å². The molecule has 1 aromatic heterocycles. The Labute approximate surface area is 180 Å². The van der Waals surface area contributed by atoms with E-state index in [4.69, 9.17) is 9.15 Å². The van der Waals surface area contributed by atoms with Crippen molar-refractivity contribution in [2.24, 2.45) is 0 Å². The highest BCUT2D eigenvalue weighted by molar-refractivity contribution is 5.92. The van der Waals surface area contributed by atoms with Crippen LogP contribution < -0.4 is 4.74 Å². The minimum Gasteiger partial charge on any atom is -0.497 e. The fraction of sp³-hybridized carbons (Fsp3) is 0.250. The molecule has 6 nitrogen and oxygen atoms in total. The molecule has 0 N–H and O–H groups in total. The monoisotopic (exact) mass is 419 g/mol. The van der Waals surface area contributed by atoms with Crippen LogP contribution in [0.15, 0.2) is 65.1 Å². The van der Waals surface area contributed by atoms with Gasteiger partial charge >= 0.3 is 0 Å². The van der Waals surface area contributed by atoms with Crippen LogP contribution in [0.2, 0.25) is 0 Å². The summed E-state index contributed by atoms with van der Waals surface area (Å²) in [6.07, 6.45) is 0. The van der Waals surface area contributed by atoms with Gasteiger partial charge in [-0.15, -0.1) is 0 Å². The molecule has 31 heavy (non-hydrogen) atoms. The molecule has 0 radical (unpaired) electrons. The zero-order chi connectivity index (χ0) is 21.8. The van der Waals surface area contributed by atoms with Gasteiger partial charge in [0, 0.05) is 31.7 Å². The number of rotatable bonds is 5. The molecule has 4 rings (SSSR count). The third-order valence-corrected chi connectivity index (χ3v) is 5.47. The first kappa shape index (κ1) is 20.6. The highest BCUT2D eigenvalue weighted by Crippen LogP contribution is 2.26. The Kier molecular flexibility index (Phi) is 6.01. The number of methoxy groups -OCH3 is 1. The fourth-order valence-corrected chi connectivity index (χ4v) is 3.71. The summed E-state index contributed by atoms with van der Waals surface area (Å²) in [7, 11) is 1.61. The highest BCUT2D eigenvalue weighted by atomic mass is 19.1. The first-order valence-corrected chi connectivity index (χ1v) is 10.0. The van der Waals surface area contributed by atoms with Gasteiger partial charge in [0.1, 0.15) is 23.4 Å². The predicted octanol–water partition coefficient (Wildman–Crippen LogP) is 4.12. The van der Waals surface area contributed by atoms with Crippen molar-refractivity contribution < 1.29 is 18.3 Å². The van der Waals surface area contributed by atoms with E-state index in [9.17, 15) is 14.4 Å². The van der Waals surface area contributed by atoms with E-state index in [1.165, 1.54) is 12.1 Å². The number of halogens is 1. The summed E-state index contributed by atoms with van der Waals surface area (Å²) in [6, 6.07) is 18.7. The number of furan rings is 1. The number of carbonyl (C=O) groups is 1. The van der Waals surface area contributed by atoms with Crippen LogP contribution in [0.3, 0.4) is 0 Å². The molecule has 2 aromatic carbocycles. The largest absolute Gasteiger partial charge is 0.497 e. The zero-order valence-corrected chi connectivity index (χ0v) is 17.1. The zero-order valence-electron chi connectivity index (χ0n) is 17.1. The lowest BCUT2D eigenvalue weighted by Crippen LogP contribution is -2.49. The first-order valence-electron chi connectivity index (χ1n) is 10.0. The van der Waals surface area contributed by atoms with Gasteiger partial charge in [0.2, 0.25) is 0 Å². The van der Waals surface area contributed by atoms with Gasteiger partial charge in [-0.3, -0.25) is 9.69 Å². The second-order valence-corrected chi connectivity index (χ2v) is 7.30. The lowest BCUT2D eigenvalue weighted by atomic mass is 10.1. The first-order chi connectivity index (χ1) is 15.1. The fourth-order valence-electron chi connectivity index (χ4n) is 3.71. The Morgan fingerprint density at radius 3 is 2.32 bits per heavy atom. The number of carbonyl (C=O) groups excluding carboxylic acids is 1. The maximum absolute atomic E-state index is 13.1. The van der Waals surface area contributed by atoms with Crippen molar-refractivity contribution in [1.82, 2.24) is 9.80 Å². The Balaban J connectivity index is 1.39. The number of amides is 1. The molecule has 0 saturated carbocycles. The molecular formula is C24H22FN3O3. The number of piperazine rings is 1. The topological polar surface area (TPSA) is 69.7 Å². The summed E-state index contributed by atoms with van der Waals surface area (Å²) >= 11 is 0. The van der Waals surface area contributed by atoms with Crippen molar-refractivity contribution >= 4 is 5.91 Å². The summed E-state index contributed by atoms with van der Waals surface area (Å²) in [6.45, 7) is 2.17. The van der Waals surface area contributed by atoms with Crippen LogP contribution in [-0.4, -0.2) is 49.0 Å². The molecule has 1 amide bonds. The molecule has 1 atom stereocenters. The van der Waals surface area contributed by atoms with Crippen LogP contribution in [0.1, 0.15) is 22.2 Å². The van der Waals surface area contributed by atoms with Gasteiger partial charge in [0.15, 0.2) is 5.76 Å². The van der Waals surface area contributed by atoms with Crippen LogP contribution in [0, 0.1) is 17.1 Å². The second-order valence-electron chi connectivity index (χ2n) is 7.30.